The lowest BCUT2D eigenvalue weighted by molar-refractivity contribution is -0.151. The quantitative estimate of drug-likeness (QED) is 0.661. The van der Waals surface area contributed by atoms with E-state index in [1.54, 1.807) is 0 Å². The van der Waals surface area contributed by atoms with Crippen molar-refractivity contribution in [3.63, 3.8) is 0 Å². The van der Waals surface area contributed by atoms with E-state index in [1.165, 1.54) is 12.8 Å². The molecule has 1 aliphatic rings. The van der Waals surface area contributed by atoms with Crippen molar-refractivity contribution in [3.8, 4) is 0 Å². The minimum atomic E-state index is -0.560. The fourth-order valence-corrected chi connectivity index (χ4v) is 2.17. The predicted octanol–water partition coefficient (Wildman–Crippen LogP) is 2.57. The predicted molar refractivity (Wildman–Crippen MR) is 82.8 cm³/mol. The Kier molecular flexibility index (Phi) is 6.02. The highest BCUT2D eigenvalue weighted by Crippen LogP contribution is 2.26. The highest BCUT2D eigenvalue weighted by Gasteiger charge is 2.40. The molecule has 0 radical (unpaired) electrons. The van der Waals surface area contributed by atoms with Crippen molar-refractivity contribution < 1.29 is 9.53 Å². The highest BCUT2D eigenvalue weighted by molar-refractivity contribution is 5.80. The molecule has 1 aliphatic carbocycles. The summed E-state index contributed by atoms with van der Waals surface area (Å²) in [5.74, 6) is -0.116. The lowest BCUT2D eigenvalue weighted by atomic mass is 9.94. The number of nitrogens with one attached hydrogen (secondary N) is 1. The highest BCUT2D eigenvalue weighted by atomic mass is 16.5. The van der Waals surface area contributed by atoms with Crippen LogP contribution in [-0.2, 0) is 9.53 Å². The molecule has 0 bridgehead atoms. The summed E-state index contributed by atoms with van der Waals surface area (Å²) < 4.78 is 5.26. The van der Waals surface area contributed by atoms with Crippen LogP contribution in [0.5, 0.6) is 0 Å². The van der Waals surface area contributed by atoms with Crippen LogP contribution < -0.4 is 5.32 Å². The molecule has 0 aliphatic heterocycles. The van der Waals surface area contributed by atoms with Gasteiger partial charge in [-0.15, -0.1) is 0 Å². The minimum absolute atomic E-state index is 0.116. The molecule has 4 nitrogen and oxygen atoms in total. The molecule has 1 N–H and O–H groups in total. The van der Waals surface area contributed by atoms with Crippen LogP contribution >= 0.6 is 0 Å². The number of carbonyl (C=O) groups is 1. The molecule has 1 rings (SSSR count). The number of ether oxygens (including phenoxy) is 1. The molecule has 0 amide bonds. The second kappa shape index (κ2) is 6.90. The number of carbonyl (C=O) groups excluding carboxylic acids is 1. The van der Waals surface area contributed by atoms with E-state index < -0.39 is 5.54 Å². The first-order valence-corrected chi connectivity index (χ1v) is 7.91. The summed E-state index contributed by atoms with van der Waals surface area (Å²) in [5.41, 5.74) is -0.398. The molecule has 20 heavy (non-hydrogen) atoms. The normalized spacial score (nSPS) is 18.9. The van der Waals surface area contributed by atoms with Gasteiger partial charge in [-0.05, 0) is 60.4 Å². The van der Waals surface area contributed by atoms with Gasteiger partial charge in [0.15, 0.2) is 0 Å². The molecule has 1 atom stereocenters. The average Bonchev–Trinajstić information content (AvgIpc) is 3.19. The van der Waals surface area contributed by atoms with Crippen LogP contribution in [0.2, 0.25) is 0 Å². The third-order valence-corrected chi connectivity index (χ3v) is 4.67. The smallest absolute Gasteiger partial charge is 0.326 e. The molecule has 0 aromatic heterocycles. The number of nitrogens with zero attached hydrogens (tertiary/aromatic N) is 1. The second-order valence-corrected chi connectivity index (χ2v) is 6.81. The third kappa shape index (κ3) is 4.74. The first kappa shape index (κ1) is 17.4. The molecule has 4 heteroatoms. The van der Waals surface area contributed by atoms with Crippen LogP contribution in [0.25, 0.3) is 0 Å². The van der Waals surface area contributed by atoms with Crippen LogP contribution in [0.4, 0.5) is 0 Å². The summed E-state index contributed by atoms with van der Waals surface area (Å²) in [6.07, 6.45) is 4.22. The first-order valence-electron chi connectivity index (χ1n) is 7.91. The molecule has 0 heterocycles. The van der Waals surface area contributed by atoms with Crippen molar-refractivity contribution >= 4 is 5.97 Å². The molecule has 0 spiro atoms. The van der Waals surface area contributed by atoms with E-state index in [0.717, 1.165) is 19.4 Å². The van der Waals surface area contributed by atoms with E-state index in [-0.39, 0.29) is 11.5 Å². The van der Waals surface area contributed by atoms with E-state index in [1.807, 2.05) is 13.8 Å². The van der Waals surface area contributed by atoms with E-state index in [2.05, 4.69) is 38.0 Å². The summed E-state index contributed by atoms with van der Waals surface area (Å²) in [5, 5.41) is 3.48. The first-order chi connectivity index (χ1) is 9.25. The summed E-state index contributed by atoms with van der Waals surface area (Å²) in [7, 11) is 2.13. The Balaban J connectivity index is 2.62. The van der Waals surface area contributed by atoms with Gasteiger partial charge < -0.3 is 9.64 Å². The van der Waals surface area contributed by atoms with Gasteiger partial charge in [-0.1, -0.05) is 6.92 Å². The van der Waals surface area contributed by atoms with E-state index in [0.29, 0.717) is 12.6 Å². The molecule has 1 unspecified atom stereocenters. The number of hydrogen-bond acceptors (Lipinski definition) is 4. The van der Waals surface area contributed by atoms with Crippen molar-refractivity contribution in [2.75, 3.05) is 20.2 Å². The van der Waals surface area contributed by atoms with E-state index in [4.69, 9.17) is 4.74 Å². The standard InChI is InChI=1S/C16H32N2O2/c1-7-15(3,4)18(6)12-11-16(5,14(19)20-8-2)17-13-9-10-13/h13,17H,7-12H2,1-6H3. The lowest BCUT2D eigenvalue weighted by Gasteiger charge is -2.37. The van der Waals surface area contributed by atoms with Crippen molar-refractivity contribution in [1.29, 1.82) is 0 Å². The number of esters is 1. The molecule has 0 aromatic carbocycles. The zero-order valence-electron chi connectivity index (χ0n) is 14.1. The topological polar surface area (TPSA) is 41.6 Å². The van der Waals surface area contributed by atoms with Gasteiger partial charge in [0.1, 0.15) is 5.54 Å². The summed E-state index contributed by atoms with van der Waals surface area (Å²) >= 11 is 0. The maximum absolute atomic E-state index is 12.3. The Morgan fingerprint density at radius 2 is 1.90 bits per heavy atom. The summed E-state index contributed by atoms with van der Waals surface area (Å²) in [4.78, 5) is 14.6. The van der Waals surface area contributed by atoms with Crippen LogP contribution in [0, 0.1) is 0 Å². The molecule has 1 saturated carbocycles. The Labute approximate surface area is 124 Å². The zero-order chi connectivity index (χ0) is 15.4. The monoisotopic (exact) mass is 284 g/mol. The van der Waals surface area contributed by atoms with Crippen molar-refractivity contribution in [3.05, 3.63) is 0 Å². The van der Waals surface area contributed by atoms with Gasteiger partial charge in [0.2, 0.25) is 0 Å². The third-order valence-electron chi connectivity index (χ3n) is 4.67. The summed E-state index contributed by atoms with van der Waals surface area (Å²) in [6, 6.07) is 0.494. The molecular weight excluding hydrogens is 252 g/mol. The number of hydrogen-bond donors (Lipinski definition) is 1. The molecule has 118 valence electrons. The molecule has 1 fully saturated rings. The zero-order valence-corrected chi connectivity index (χ0v) is 14.1. The van der Waals surface area contributed by atoms with E-state index >= 15 is 0 Å². The SMILES string of the molecule is CCOC(=O)C(C)(CCN(C)C(C)(C)CC)NC1CC1. The van der Waals surface area contributed by atoms with Crippen molar-refractivity contribution in [2.24, 2.45) is 0 Å². The Bertz CT molecular complexity index is 326. The fraction of sp³-hybridized carbons (Fsp3) is 0.938. The minimum Gasteiger partial charge on any atom is -0.465 e. The van der Waals surface area contributed by atoms with Gasteiger partial charge in [-0.2, -0.15) is 0 Å². The molecular formula is C16H32N2O2. The average molecular weight is 284 g/mol. The van der Waals surface area contributed by atoms with Gasteiger partial charge in [0, 0.05) is 18.1 Å². The summed E-state index contributed by atoms with van der Waals surface area (Å²) in [6.45, 7) is 11.8. The largest absolute Gasteiger partial charge is 0.465 e. The lowest BCUT2D eigenvalue weighted by Crippen LogP contribution is -2.54. The molecule has 0 saturated heterocycles. The van der Waals surface area contributed by atoms with Crippen molar-refractivity contribution in [2.45, 2.75) is 77.4 Å². The van der Waals surface area contributed by atoms with Crippen LogP contribution in [0.3, 0.4) is 0 Å². The Morgan fingerprint density at radius 3 is 2.35 bits per heavy atom. The van der Waals surface area contributed by atoms with Gasteiger partial charge in [-0.25, -0.2) is 0 Å². The number of rotatable bonds is 9. The van der Waals surface area contributed by atoms with Crippen LogP contribution in [0.15, 0.2) is 0 Å². The van der Waals surface area contributed by atoms with Crippen LogP contribution in [0.1, 0.15) is 60.3 Å². The van der Waals surface area contributed by atoms with Gasteiger partial charge in [0.05, 0.1) is 6.61 Å². The van der Waals surface area contributed by atoms with Gasteiger partial charge in [0.25, 0.3) is 0 Å². The van der Waals surface area contributed by atoms with Gasteiger partial charge in [-0.3, -0.25) is 10.1 Å². The Hall–Kier alpha value is -0.610. The van der Waals surface area contributed by atoms with Gasteiger partial charge >= 0.3 is 5.97 Å². The Morgan fingerprint density at radius 1 is 1.30 bits per heavy atom. The maximum atomic E-state index is 12.3. The van der Waals surface area contributed by atoms with E-state index in [9.17, 15) is 4.79 Å². The second-order valence-electron chi connectivity index (χ2n) is 6.81. The maximum Gasteiger partial charge on any atom is 0.326 e. The molecule has 0 aromatic rings. The fourth-order valence-electron chi connectivity index (χ4n) is 2.17. The van der Waals surface area contributed by atoms with Crippen LogP contribution in [-0.4, -0.2) is 48.2 Å². The van der Waals surface area contributed by atoms with Crippen molar-refractivity contribution in [1.82, 2.24) is 10.2 Å².